The Hall–Kier alpha value is -2.10. The fourth-order valence-electron chi connectivity index (χ4n) is 2.39. The van der Waals surface area contributed by atoms with Crippen LogP contribution in [0.2, 0.25) is 0 Å². The highest BCUT2D eigenvalue weighted by molar-refractivity contribution is 5.61. The zero-order valence-electron chi connectivity index (χ0n) is 11.1. The zero-order chi connectivity index (χ0) is 13.1. The third kappa shape index (κ3) is 2.52. The Kier molecular flexibility index (Phi) is 3.31. The van der Waals surface area contributed by atoms with Crippen LogP contribution in [-0.2, 0) is 0 Å². The molecule has 0 radical (unpaired) electrons. The second kappa shape index (κ2) is 5.26. The van der Waals surface area contributed by atoms with Crippen LogP contribution in [-0.4, -0.2) is 30.1 Å². The molecule has 0 amide bonds. The molecule has 0 spiro atoms. The number of aromatic nitrogens is 2. The lowest BCUT2D eigenvalue weighted by Crippen LogP contribution is -2.19. The van der Waals surface area contributed by atoms with Crippen molar-refractivity contribution in [3.63, 3.8) is 0 Å². The van der Waals surface area contributed by atoms with Crippen LogP contribution in [0.5, 0.6) is 0 Å². The van der Waals surface area contributed by atoms with Crippen LogP contribution >= 0.6 is 0 Å². The fraction of sp³-hybridized carbons (Fsp3) is 0.333. The van der Waals surface area contributed by atoms with Crippen molar-refractivity contribution in [2.45, 2.75) is 12.8 Å². The van der Waals surface area contributed by atoms with Gasteiger partial charge in [0.05, 0.1) is 0 Å². The zero-order valence-corrected chi connectivity index (χ0v) is 11.1. The predicted molar refractivity (Wildman–Crippen MR) is 78.5 cm³/mol. The molecule has 19 heavy (non-hydrogen) atoms. The second-order valence-corrected chi connectivity index (χ2v) is 4.75. The average molecular weight is 254 g/mol. The van der Waals surface area contributed by atoms with Crippen molar-refractivity contribution in [1.29, 1.82) is 0 Å². The Morgan fingerprint density at radius 2 is 1.79 bits per heavy atom. The number of rotatable bonds is 3. The van der Waals surface area contributed by atoms with E-state index in [1.165, 1.54) is 12.8 Å². The van der Waals surface area contributed by atoms with E-state index in [4.69, 9.17) is 4.98 Å². The largest absolute Gasteiger partial charge is 0.373 e. The van der Waals surface area contributed by atoms with Crippen LogP contribution < -0.4 is 10.2 Å². The summed E-state index contributed by atoms with van der Waals surface area (Å²) in [5.41, 5.74) is 1.06. The Morgan fingerprint density at radius 1 is 1.05 bits per heavy atom. The van der Waals surface area contributed by atoms with Gasteiger partial charge in [-0.2, -0.15) is 0 Å². The smallest absolute Gasteiger partial charge is 0.163 e. The van der Waals surface area contributed by atoms with Gasteiger partial charge < -0.3 is 10.2 Å². The number of benzene rings is 1. The van der Waals surface area contributed by atoms with Crippen molar-refractivity contribution in [3.8, 4) is 11.4 Å². The minimum absolute atomic E-state index is 0.786. The Balaban J connectivity index is 2.02. The number of hydrogen-bond donors (Lipinski definition) is 1. The molecule has 0 bridgehead atoms. The van der Waals surface area contributed by atoms with Gasteiger partial charge in [0, 0.05) is 31.8 Å². The molecular formula is C15H18N4. The van der Waals surface area contributed by atoms with Crippen molar-refractivity contribution in [2.75, 3.05) is 30.4 Å². The van der Waals surface area contributed by atoms with Crippen molar-refractivity contribution in [1.82, 2.24) is 9.97 Å². The maximum absolute atomic E-state index is 4.71. The first-order valence-corrected chi connectivity index (χ1v) is 6.74. The molecule has 2 aromatic rings. The summed E-state index contributed by atoms with van der Waals surface area (Å²) in [6.45, 7) is 2.18. The van der Waals surface area contributed by atoms with Gasteiger partial charge in [0.15, 0.2) is 5.82 Å². The minimum atomic E-state index is 0.786. The molecule has 1 saturated heterocycles. The summed E-state index contributed by atoms with van der Waals surface area (Å²) in [6.07, 6.45) is 2.50. The van der Waals surface area contributed by atoms with Crippen molar-refractivity contribution in [2.24, 2.45) is 0 Å². The van der Waals surface area contributed by atoms with Gasteiger partial charge in [0.2, 0.25) is 0 Å². The number of nitrogens with one attached hydrogen (secondary N) is 1. The molecule has 1 N–H and O–H groups in total. The minimum Gasteiger partial charge on any atom is -0.373 e. The molecule has 4 nitrogen and oxygen atoms in total. The Morgan fingerprint density at radius 3 is 2.47 bits per heavy atom. The van der Waals surface area contributed by atoms with Crippen LogP contribution in [0.3, 0.4) is 0 Å². The molecule has 1 fully saturated rings. The van der Waals surface area contributed by atoms with E-state index in [1.807, 2.05) is 43.4 Å². The van der Waals surface area contributed by atoms with E-state index in [-0.39, 0.29) is 0 Å². The van der Waals surface area contributed by atoms with Gasteiger partial charge in [-0.1, -0.05) is 30.3 Å². The lowest BCUT2D eigenvalue weighted by atomic mass is 10.2. The summed E-state index contributed by atoms with van der Waals surface area (Å²) in [6, 6.07) is 12.1. The van der Waals surface area contributed by atoms with Crippen LogP contribution in [0.25, 0.3) is 11.4 Å². The summed E-state index contributed by atoms with van der Waals surface area (Å²) < 4.78 is 0. The summed E-state index contributed by atoms with van der Waals surface area (Å²) in [5.74, 6) is 2.68. The van der Waals surface area contributed by atoms with Gasteiger partial charge in [-0.3, -0.25) is 0 Å². The lowest BCUT2D eigenvalue weighted by Gasteiger charge is -2.18. The molecule has 1 aliphatic heterocycles. The third-order valence-corrected chi connectivity index (χ3v) is 3.43. The highest BCUT2D eigenvalue weighted by Crippen LogP contribution is 2.24. The highest BCUT2D eigenvalue weighted by atomic mass is 15.2. The monoisotopic (exact) mass is 254 g/mol. The molecule has 0 atom stereocenters. The Labute approximate surface area is 113 Å². The van der Waals surface area contributed by atoms with E-state index in [0.29, 0.717) is 0 Å². The van der Waals surface area contributed by atoms with Crippen molar-refractivity contribution < 1.29 is 0 Å². The average Bonchev–Trinajstić information content (AvgIpc) is 3.02. The molecule has 1 aromatic carbocycles. The van der Waals surface area contributed by atoms with Crippen molar-refractivity contribution >= 4 is 11.6 Å². The first kappa shape index (κ1) is 12.0. The normalized spacial score (nSPS) is 14.7. The molecule has 0 aliphatic carbocycles. The molecule has 4 heteroatoms. The van der Waals surface area contributed by atoms with Crippen LogP contribution in [0.4, 0.5) is 11.6 Å². The molecular weight excluding hydrogens is 236 g/mol. The number of hydrogen-bond acceptors (Lipinski definition) is 4. The number of anilines is 2. The second-order valence-electron chi connectivity index (χ2n) is 4.75. The van der Waals surface area contributed by atoms with E-state index < -0.39 is 0 Å². The van der Waals surface area contributed by atoms with Crippen LogP contribution in [0.15, 0.2) is 36.4 Å². The van der Waals surface area contributed by atoms with Gasteiger partial charge in [-0.15, -0.1) is 0 Å². The quantitative estimate of drug-likeness (QED) is 0.914. The van der Waals surface area contributed by atoms with E-state index in [0.717, 1.165) is 36.1 Å². The maximum Gasteiger partial charge on any atom is 0.163 e. The molecule has 2 heterocycles. The Bertz CT molecular complexity index is 547. The summed E-state index contributed by atoms with van der Waals surface area (Å²) in [5, 5.41) is 3.12. The topological polar surface area (TPSA) is 41.0 Å². The molecule has 0 saturated carbocycles. The SMILES string of the molecule is CNc1cc(N2CCCC2)nc(-c2ccccc2)n1. The van der Waals surface area contributed by atoms with E-state index >= 15 is 0 Å². The predicted octanol–water partition coefficient (Wildman–Crippen LogP) is 2.79. The van der Waals surface area contributed by atoms with Gasteiger partial charge in [-0.25, -0.2) is 9.97 Å². The van der Waals surface area contributed by atoms with E-state index in [2.05, 4.69) is 15.2 Å². The molecule has 1 aromatic heterocycles. The standard InChI is InChI=1S/C15H18N4/c1-16-13-11-14(19-9-5-6-10-19)18-15(17-13)12-7-3-2-4-8-12/h2-4,7-8,11H,5-6,9-10H2,1H3,(H,16,17,18). The highest BCUT2D eigenvalue weighted by Gasteiger charge is 2.16. The first-order chi connectivity index (χ1) is 9.36. The molecule has 98 valence electrons. The van der Waals surface area contributed by atoms with Crippen LogP contribution in [0, 0.1) is 0 Å². The van der Waals surface area contributed by atoms with Crippen LogP contribution in [0.1, 0.15) is 12.8 Å². The molecule has 0 unspecified atom stereocenters. The molecule has 3 rings (SSSR count). The summed E-state index contributed by atoms with van der Waals surface area (Å²) in [7, 11) is 1.89. The van der Waals surface area contributed by atoms with E-state index in [1.54, 1.807) is 0 Å². The lowest BCUT2D eigenvalue weighted by molar-refractivity contribution is 0.930. The fourth-order valence-corrected chi connectivity index (χ4v) is 2.39. The molecule has 1 aliphatic rings. The van der Waals surface area contributed by atoms with Gasteiger partial charge >= 0.3 is 0 Å². The van der Waals surface area contributed by atoms with Gasteiger partial charge in [0.25, 0.3) is 0 Å². The summed E-state index contributed by atoms with van der Waals surface area (Å²) >= 11 is 0. The van der Waals surface area contributed by atoms with Gasteiger partial charge in [-0.05, 0) is 12.8 Å². The number of nitrogens with zero attached hydrogens (tertiary/aromatic N) is 3. The third-order valence-electron chi connectivity index (χ3n) is 3.43. The first-order valence-electron chi connectivity index (χ1n) is 6.74. The van der Waals surface area contributed by atoms with Crippen molar-refractivity contribution in [3.05, 3.63) is 36.4 Å². The maximum atomic E-state index is 4.71. The summed E-state index contributed by atoms with van der Waals surface area (Å²) in [4.78, 5) is 11.6. The van der Waals surface area contributed by atoms with Gasteiger partial charge in [0.1, 0.15) is 11.6 Å². The van der Waals surface area contributed by atoms with E-state index in [9.17, 15) is 0 Å².